The number of carboxylic acid groups (broad SMARTS) is 1. The van der Waals surface area contributed by atoms with E-state index in [0.717, 1.165) is 11.1 Å². The van der Waals surface area contributed by atoms with Crippen LogP contribution in [0.1, 0.15) is 11.1 Å². The molecule has 104 valence electrons. The maximum absolute atomic E-state index is 11.5. The van der Waals surface area contributed by atoms with Gasteiger partial charge >= 0.3 is 12.0 Å². The van der Waals surface area contributed by atoms with Gasteiger partial charge in [0, 0.05) is 13.7 Å². The molecule has 0 aliphatic rings. The van der Waals surface area contributed by atoms with Gasteiger partial charge in [-0.25, -0.2) is 9.59 Å². The lowest BCUT2D eigenvalue weighted by Gasteiger charge is -2.14. The highest BCUT2D eigenvalue weighted by molar-refractivity contribution is 5.82. The number of urea groups is 1. The fourth-order valence-electron chi connectivity index (χ4n) is 1.44. The van der Waals surface area contributed by atoms with Crippen molar-refractivity contribution in [2.75, 3.05) is 13.7 Å². The molecular weight excluding hydrogens is 248 g/mol. The van der Waals surface area contributed by atoms with E-state index in [2.05, 4.69) is 10.6 Å². The maximum atomic E-state index is 11.5. The van der Waals surface area contributed by atoms with Crippen LogP contribution in [0, 0.1) is 6.92 Å². The molecule has 0 saturated heterocycles. The van der Waals surface area contributed by atoms with E-state index < -0.39 is 18.0 Å². The largest absolute Gasteiger partial charge is 0.480 e. The Morgan fingerprint density at radius 1 is 1.32 bits per heavy atom. The summed E-state index contributed by atoms with van der Waals surface area (Å²) in [5.74, 6) is -1.13. The second-order valence-electron chi connectivity index (χ2n) is 4.16. The third kappa shape index (κ3) is 5.39. The average Bonchev–Trinajstić information content (AvgIpc) is 2.37. The third-order valence-corrected chi connectivity index (χ3v) is 2.51. The van der Waals surface area contributed by atoms with Crippen LogP contribution < -0.4 is 10.6 Å². The molecule has 0 aliphatic heterocycles. The Balaban J connectivity index is 2.42. The summed E-state index contributed by atoms with van der Waals surface area (Å²) in [7, 11) is 1.38. The summed E-state index contributed by atoms with van der Waals surface area (Å²) in [4.78, 5) is 22.3. The summed E-state index contributed by atoms with van der Waals surface area (Å²) in [5, 5.41) is 13.8. The minimum absolute atomic E-state index is 0.0761. The van der Waals surface area contributed by atoms with Gasteiger partial charge in [-0.2, -0.15) is 0 Å². The van der Waals surface area contributed by atoms with Crippen molar-refractivity contribution in [1.82, 2.24) is 10.6 Å². The molecule has 2 amide bonds. The number of aryl methyl sites for hydroxylation is 1. The second-order valence-corrected chi connectivity index (χ2v) is 4.16. The van der Waals surface area contributed by atoms with Gasteiger partial charge in [-0.15, -0.1) is 0 Å². The summed E-state index contributed by atoms with van der Waals surface area (Å²) in [5.41, 5.74) is 2.08. The van der Waals surface area contributed by atoms with Crippen LogP contribution in [0.15, 0.2) is 24.3 Å². The number of amides is 2. The van der Waals surface area contributed by atoms with Crippen molar-refractivity contribution >= 4 is 12.0 Å². The van der Waals surface area contributed by atoms with E-state index in [4.69, 9.17) is 9.84 Å². The number of rotatable bonds is 6. The lowest BCUT2D eigenvalue weighted by atomic mass is 10.1. The Kier molecular flexibility index (Phi) is 5.81. The number of ether oxygens (including phenoxy) is 1. The van der Waals surface area contributed by atoms with E-state index in [1.807, 2.05) is 31.2 Å². The molecule has 0 aromatic heterocycles. The molecule has 0 radical (unpaired) electrons. The quantitative estimate of drug-likeness (QED) is 0.713. The van der Waals surface area contributed by atoms with Gasteiger partial charge in [0.25, 0.3) is 0 Å². The summed E-state index contributed by atoms with van der Waals surface area (Å²) in [6.45, 7) is 2.24. The van der Waals surface area contributed by atoms with Crippen LogP contribution >= 0.6 is 0 Å². The zero-order valence-electron chi connectivity index (χ0n) is 11.0. The van der Waals surface area contributed by atoms with Gasteiger partial charge < -0.3 is 20.5 Å². The molecule has 0 bridgehead atoms. The van der Waals surface area contributed by atoms with Crippen LogP contribution in [0.3, 0.4) is 0 Å². The fourth-order valence-corrected chi connectivity index (χ4v) is 1.44. The van der Waals surface area contributed by atoms with Crippen molar-refractivity contribution < 1.29 is 19.4 Å². The average molecular weight is 266 g/mol. The lowest BCUT2D eigenvalue weighted by molar-refractivity contribution is -0.140. The van der Waals surface area contributed by atoms with Gasteiger partial charge in [0.1, 0.15) is 0 Å². The maximum Gasteiger partial charge on any atom is 0.328 e. The van der Waals surface area contributed by atoms with Crippen molar-refractivity contribution in [3.05, 3.63) is 35.4 Å². The van der Waals surface area contributed by atoms with Crippen LogP contribution in [-0.4, -0.2) is 36.9 Å². The molecule has 0 saturated carbocycles. The Labute approximate surface area is 111 Å². The molecule has 0 spiro atoms. The summed E-state index contributed by atoms with van der Waals surface area (Å²) < 4.78 is 4.72. The van der Waals surface area contributed by atoms with Gasteiger partial charge in [0.2, 0.25) is 0 Å². The highest BCUT2D eigenvalue weighted by atomic mass is 16.5. The summed E-state index contributed by atoms with van der Waals surface area (Å²) >= 11 is 0. The monoisotopic (exact) mass is 266 g/mol. The number of benzene rings is 1. The Bertz CT molecular complexity index is 431. The fraction of sp³-hybridized carbons (Fsp3) is 0.385. The molecule has 1 aromatic rings. The van der Waals surface area contributed by atoms with Gasteiger partial charge in [-0.3, -0.25) is 0 Å². The number of carbonyl (C=O) groups excluding carboxylic acids is 1. The van der Waals surface area contributed by atoms with Crippen molar-refractivity contribution in [1.29, 1.82) is 0 Å². The zero-order valence-corrected chi connectivity index (χ0v) is 11.0. The second kappa shape index (κ2) is 7.38. The number of carboxylic acids is 1. The number of carbonyl (C=O) groups is 2. The molecule has 0 fully saturated rings. The number of nitrogens with one attached hydrogen (secondary N) is 2. The standard InChI is InChI=1S/C13H18N2O4/c1-9-3-5-10(6-4-9)7-14-13(18)15-11(8-19-2)12(16)17/h3-6,11H,7-8H2,1-2H3,(H,16,17)(H2,14,15,18). The number of hydrogen-bond acceptors (Lipinski definition) is 3. The summed E-state index contributed by atoms with van der Waals surface area (Å²) in [6.07, 6.45) is 0. The molecule has 19 heavy (non-hydrogen) atoms. The van der Waals surface area contributed by atoms with E-state index in [1.165, 1.54) is 7.11 Å². The molecule has 0 aliphatic carbocycles. The smallest absolute Gasteiger partial charge is 0.328 e. The van der Waals surface area contributed by atoms with E-state index in [9.17, 15) is 9.59 Å². The van der Waals surface area contributed by atoms with Crippen LogP contribution in [-0.2, 0) is 16.1 Å². The molecular formula is C13H18N2O4. The minimum atomic E-state index is -1.13. The predicted molar refractivity (Wildman–Crippen MR) is 69.9 cm³/mol. The van der Waals surface area contributed by atoms with Gasteiger partial charge in [-0.1, -0.05) is 29.8 Å². The SMILES string of the molecule is COCC(NC(=O)NCc1ccc(C)cc1)C(=O)O. The Morgan fingerprint density at radius 2 is 1.95 bits per heavy atom. The topological polar surface area (TPSA) is 87.7 Å². The first-order valence-corrected chi connectivity index (χ1v) is 5.84. The molecule has 6 nitrogen and oxygen atoms in total. The molecule has 1 rings (SSSR count). The molecule has 0 heterocycles. The van der Waals surface area contributed by atoms with Gasteiger partial charge in [-0.05, 0) is 12.5 Å². The minimum Gasteiger partial charge on any atom is -0.480 e. The third-order valence-electron chi connectivity index (χ3n) is 2.51. The van der Waals surface area contributed by atoms with Crippen molar-refractivity contribution in [3.63, 3.8) is 0 Å². The van der Waals surface area contributed by atoms with Crippen LogP contribution in [0.5, 0.6) is 0 Å². The molecule has 3 N–H and O–H groups in total. The summed E-state index contributed by atoms with van der Waals surface area (Å²) in [6, 6.07) is 6.10. The Hall–Kier alpha value is -2.08. The molecule has 1 unspecified atom stereocenters. The molecule has 6 heteroatoms. The number of methoxy groups -OCH3 is 1. The zero-order chi connectivity index (χ0) is 14.3. The first-order chi connectivity index (χ1) is 9.02. The number of aliphatic carboxylic acids is 1. The van der Waals surface area contributed by atoms with E-state index >= 15 is 0 Å². The first kappa shape index (κ1) is 15.0. The highest BCUT2D eigenvalue weighted by Gasteiger charge is 2.19. The van der Waals surface area contributed by atoms with Crippen molar-refractivity contribution in [3.8, 4) is 0 Å². The van der Waals surface area contributed by atoms with Crippen molar-refractivity contribution in [2.24, 2.45) is 0 Å². The molecule has 1 atom stereocenters. The molecule has 1 aromatic carbocycles. The van der Waals surface area contributed by atoms with Gasteiger partial charge in [0.15, 0.2) is 6.04 Å². The van der Waals surface area contributed by atoms with Gasteiger partial charge in [0.05, 0.1) is 6.61 Å². The normalized spacial score (nSPS) is 11.7. The lowest BCUT2D eigenvalue weighted by Crippen LogP contribution is -2.48. The van der Waals surface area contributed by atoms with E-state index in [-0.39, 0.29) is 6.61 Å². The van der Waals surface area contributed by atoms with E-state index in [0.29, 0.717) is 6.54 Å². The number of hydrogen-bond donors (Lipinski definition) is 3. The van der Waals surface area contributed by atoms with Crippen LogP contribution in [0.4, 0.5) is 4.79 Å². The van der Waals surface area contributed by atoms with E-state index in [1.54, 1.807) is 0 Å². The highest BCUT2D eigenvalue weighted by Crippen LogP contribution is 2.02. The first-order valence-electron chi connectivity index (χ1n) is 5.84. The predicted octanol–water partition coefficient (Wildman–Crippen LogP) is 0.894. The van der Waals surface area contributed by atoms with Crippen molar-refractivity contribution in [2.45, 2.75) is 19.5 Å². The van der Waals surface area contributed by atoms with Crippen LogP contribution in [0.25, 0.3) is 0 Å². The van der Waals surface area contributed by atoms with Crippen LogP contribution in [0.2, 0.25) is 0 Å². The Morgan fingerprint density at radius 3 is 2.47 bits per heavy atom.